The molecule has 0 amide bonds. The van der Waals surface area contributed by atoms with E-state index in [2.05, 4.69) is 11.7 Å². The molecular weight excluding hydrogens is 201 g/mol. The zero-order valence-electron chi connectivity index (χ0n) is 3.84. The zero-order chi connectivity index (χ0) is 5.11. The van der Waals surface area contributed by atoms with Gasteiger partial charge in [0.1, 0.15) is 0 Å². The Morgan fingerprint density at radius 2 is 2.29 bits per heavy atom. The van der Waals surface area contributed by atoms with Crippen LogP contribution in [-0.2, 0) is 0 Å². The SMILES string of the molecule is C=I1=NC=CC=C1. The minimum atomic E-state index is -1.13. The van der Waals surface area contributed by atoms with E-state index >= 15 is 0 Å². The van der Waals surface area contributed by atoms with Crippen LogP contribution >= 0.6 is 19.2 Å². The molecule has 1 rings (SSSR count). The van der Waals surface area contributed by atoms with Crippen LogP contribution in [-0.4, -0.2) is 4.51 Å². The molecule has 0 saturated heterocycles. The number of rotatable bonds is 0. The van der Waals surface area contributed by atoms with Crippen molar-refractivity contribution in [1.82, 2.24) is 0 Å². The summed E-state index contributed by atoms with van der Waals surface area (Å²) in [5, 5.41) is 0. The predicted octanol–water partition coefficient (Wildman–Crippen LogP) is 2.15. The third kappa shape index (κ3) is 1.43. The Morgan fingerprint density at radius 3 is 2.57 bits per heavy atom. The van der Waals surface area contributed by atoms with Crippen LogP contribution in [0.1, 0.15) is 0 Å². The van der Waals surface area contributed by atoms with E-state index in [1.165, 1.54) is 0 Å². The van der Waals surface area contributed by atoms with Gasteiger partial charge in [0, 0.05) is 6.20 Å². The lowest BCUT2D eigenvalue weighted by molar-refractivity contribution is 1.67. The lowest BCUT2D eigenvalue weighted by Gasteiger charge is -1.82. The van der Waals surface area contributed by atoms with Gasteiger partial charge in [-0.05, 0) is 29.3 Å². The lowest BCUT2D eigenvalue weighted by Crippen LogP contribution is -1.50. The molecule has 0 aromatic rings. The summed E-state index contributed by atoms with van der Waals surface area (Å²) in [6, 6.07) is 0. The van der Waals surface area contributed by atoms with Crippen molar-refractivity contribution in [3.63, 3.8) is 0 Å². The number of hydrogen-bond donors (Lipinski definition) is 0. The van der Waals surface area contributed by atoms with Crippen LogP contribution in [0.4, 0.5) is 0 Å². The third-order valence-electron chi connectivity index (χ3n) is 0.597. The molecule has 0 aromatic heterocycles. The molecule has 1 aliphatic rings. The third-order valence-corrected chi connectivity index (χ3v) is 2.88. The Kier molecular flexibility index (Phi) is 1.62. The quantitative estimate of drug-likeness (QED) is 0.539. The highest BCUT2D eigenvalue weighted by atomic mass is 127. The Bertz CT molecular complexity index is 182. The summed E-state index contributed by atoms with van der Waals surface area (Å²) in [6.45, 7) is 0. The van der Waals surface area contributed by atoms with Gasteiger partial charge in [-0.15, -0.1) is 0 Å². The number of halogens is 1. The van der Waals surface area contributed by atoms with Crippen molar-refractivity contribution in [2.75, 3.05) is 0 Å². The van der Waals surface area contributed by atoms with Gasteiger partial charge in [0.15, 0.2) is 0 Å². The molecule has 0 N–H and O–H groups in total. The summed E-state index contributed by atoms with van der Waals surface area (Å²) in [5.74, 6) is 0. The standard InChI is InChI=1S/C5H6IN/c1-6-4-2-3-5-7-6/h2-5H,1H2. The Morgan fingerprint density at radius 1 is 1.43 bits per heavy atom. The smallest absolute Gasteiger partial charge is 0.0324 e. The fraction of sp³-hybridized carbons (Fsp3) is 0. The van der Waals surface area contributed by atoms with E-state index in [4.69, 9.17) is 0 Å². The van der Waals surface area contributed by atoms with Gasteiger partial charge in [-0.3, -0.25) is 0 Å². The molecule has 0 aromatic carbocycles. The molecule has 2 heteroatoms. The van der Waals surface area contributed by atoms with Crippen LogP contribution < -0.4 is 0 Å². The molecule has 0 radical (unpaired) electrons. The van der Waals surface area contributed by atoms with E-state index < -0.39 is 19.2 Å². The highest BCUT2D eigenvalue weighted by Crippen LogP contribution is 2.15. The van der Waals surface area contributed by atoms with Crippen molar-refractivity contribution in [1.29, 1.82) is 0 Å². The monoisotopic (exact) mass is 207 g/mol. The summed E-state index contributed by atoms with van der Waals surface area (Å²) >= 11 is -1.13. The van der Waals surface area contributed by atoms with E-state index in [9.17, 15) is 0 Å². The van der Waals surface area contributed by atoms with E-state index in [1.54, 1.807) is 0 Å². The van der Waals surface area contributed by atoms with Gasteiger partial charge >= 0.3 is 0 Å². The second-order valence-corrected chi connectivity index (χ2v) is 4.53. The molecule has 0 spiro atoms. The maximum absolute atomic E-state index is 4.11. The van der Waals surface area contributed by atoms with E-state index in [-0.39, 0.29) is 0 Å². The van der Waals surface area contributed by atoms with Crippen molar-refractivity contribution in [3.8, 4) is 0 Å². The summed E-state index contributed by atoms with van der Waals surface area (Å²) in [4.78, 5) is 0. The van der Waals surface area contributed by atoms with Gasteiger partial charge in [0.2, 0.25) is 0 Å². The maximum atomic E-state index is 4.11. The van der Waals surface area contributed by atoms with Crippen LogP contribution in [0.5, 0.6) is 0 Å². The minimum Gasteiger partial charge on any atom is -0.237 e. The zero-order valence-corrected chi connectivity index (χ0v) is 6.00. The minimum absolute atomic E-state index is 1.13. The predicted molar refractivity (Wildman–Crippen MR) is 41.8 cm³/mol. The average Bonchev–Trinajstić information content (AvgIpc) is 1.69. The average molecular weight is 207 g/mol. The first kappa shape index (κ1) is 5.03. The second kappa shape index (κ2) is 2.26. The Labute approximate surface area is 49.5 Å². The van der Waals surface area contributed by atoms with Crippen LogP contribution in [0, 0.1) is 0 Å². The van der Waals surface area contributed by atoms with Gasteiger partial charge in [-0.25, -0.2) is 3.15 Å². The van der Waals surface area contributed by atoms with Crippen LogP contribution in [0.15, 0.2) is 25.6 Å². The first-order valence-electron chi connectivity index (χ1n) is 1.91. The molecule has 7 heavy (non-hydrogen) atoms. The topological polar surface area (TPSA) is 12.4 Å². The molecule has 1 nitrogen and oxygen atoms in total. The molecule has 0 aliphatic carbocycles. The highest BCUT2D eigenvalue weighted by Gasteiger charge is 1.71. The summed E-state index contributed by atoms with van der Waals surface area (Å²) in [5.41, 5.74) is 0. The van der Waals surface area contributed by atoms with Crippen molar-refractivity contribution < 1.29 is 0 Å². The summed E-state index contributed by atoms with van der Waals surface area (Å²) in [6.07, 6.45) is 5.78. The van der Waals surface area contributed by atoms with Crippen molar-refractivity contribution in [2.45, 2.75) is 0 Å². The normalized spacial score (nSPS) is 19.4. The first-order chi connectivity index (χ1) is 3.39. The number of allylic oxidation sites excluding steroid dienone is 2. The number of hydrogen-bond acceptors (Lipinski definition) is 1. The molecule has 0 atom stereocenters. The van der Waals surface area contributed by atoms with Gasteiger partial charge in [0.05, 0.1) is 0 Å². The van der Waals surface area contributed by atoms with Crippen molar-refractivity contribution >= 4 is 23.7 Å². The summed E-state index contributed by atoms with van der Waals surface area (Å²) in [7, 11) is 0. The largest absolute Gasteiger partial charge is 0.237 e. The number of nitrogens with zero attached hydrogens (tertiary/aromatic N) is 1. The van der Waals surface area contributed by atoms with Crippen molar-refractivity contribution in [2.24, 2.45) is 3.15 Å². The maximum Gasteiger partial charge on any atom is 0.0324 e. The summed E-state index contributed by atoms with van der Waals surface area (Å²) < 4.78 is 10.1. The Hall–Kier alpha value is -0.120. The van der Waals surface area contributed by atoms with Gasteiger partial charge in [0.25, 0.3) is 0 Å². The van der Waals surface area contributed by atoms with Gasteiger partial charge in [-0.2, -0.15) is 0 Å². The highest BCUT2D eigenvalue weighted by molar-refractivity contribution is 14.2. The molecule has 0 unspecified atom stereocenters. The van der Waals surface area contributed by atoms with Gasteiger partial charge in [-0.1, -0.05) is 10.6 Å². The van der Waals surface area contributed by atoms with Crippen LogP contribution in [0.25, 0.3) is 0 Å². The van der Waals surface area contributed by atoms with E-state index in [1.807, 2.05) is 18.4 Å². The van der Waals surface area contributed by atoms with Gasteiger partial charge < -0.3 is 0 Å². The molecule has 38 valence electrons. The molecular formula is C5H6IN. The van der Waals surface area contributed by atoms with Crippen molar-refractivity contribution in [3.05, 3.63) is 22.4 Å². The lowest BCUT2D eigenvalue weighted by atomic mass is 10.6. The fourth-order valence-electron chi connectivity index (χ4n) is 0.313. The van der Waals surface area contributed by atoms with E-state index in [0.29, 0.717) is 0 Å². The fourth-order valence-corrected chi connectivity index (χ4v) is 1.82. The van der Waals surface area contributed by atoms with E-state index in [0.717, 1.165) is 0 Å². The molecule has 1 heterocycles. The van der Waals surface area contributed by atoms with Crippen LogP contribution in [0.3, 0.4) is 0 Å². The molecule has 0 saturated carbocycles. The van der Waals surface area contributed by atoms with Crippen LogP contribution in [0.2, 0.25) is 0 Å². The molecule has 0 fully saturated rings. The first-order valence-corrected chi connectivity index (χ1v) is 5.65. The second-order valence-electron chi connectivity index (χ2n) is 1.13. The Balaban J connectivity index is 3.04. The molecule has 1 aliphatic heterocycles. The molecule has 0 bridgehead atoms.